The van der Waals surface area contributed by atoms with Crippen molar-refractivity contribution in [2.75, 3.05) is 13.1 Å². The molecule has 0 aliphatic carbocycles. The van der Waals surface area contributed by atoms with Gasteiger partial charge in [-0.15, -0.1) is 0 Å². The van der Waals surface area contributed by atoms with Gasteiger partial charge in [0.15, 0.2) is 0 Å². The second-order valence-corrected chi connectivity index (χ2v) is 5.03. The normalized spacial score (nSPS) is 24.2. The number of benzene rings is 1. The molecule has 1 fully saturated rings. The zero-order chi connectivity index (χ0) is 12.4. The van der Waals surface area contributed by atoms with E-state index in [1.165, 1.54) is 5.56 Å². The van der Waals surface area contributed by atoms with Gasteiger partial charge in [-0.05, 0) is 17.0 Å². The van der Waals surface area contributed by atoms with E-state index in [4.69, 9.17) is 5.11 Å². The highest BCUT2D eigenvalue weighted by molar-refractivity contribution is 5.72. The molecule has 0 spiro atoms. The SMILES string of the molecule is CC(C)c1ccc([C@H]2CNC[C@@H]2C(=O)O)cc1. The van der Waals surface area contributed by atoms with Crippen LogP contribution >= 0.6 is 0 Å². The minimum absolute atomic E-state index is 0.105. The Kier molecular flexibility index (Phi) is 3.48. The van der Waals surface area contributed by atoms with Crippen molar-refractivity contribution >= 4 is 5.97 Å². The maximum atomic E-state index is 11.1. The van der Waals surface area contributed by atoms with Crippen LogP contribution in [0.3, 0.4) is 0 Å². The van der Waals surface area contributed by atoms with E-state index in [9.17, 15) is 4.79 Å². The Labute approximate surface area is 102 Å². The van der Waals surface area contributed by atoms with E-state index in [-0.39, 0.29) is 11.8 Å². The van der Waals surface area contributed by atoms with E-state index < -0.39 is 5.97 Å². The Hall–Kier alpha value is -1.35. The van der Waals surface area contributed by atoms with Gasteiger partial charge in [0.25, 0.3) is 0 Å². The lowest BCUT2D eigenvalue weighted by molar-refractivity contribution is -0.141. The van der Waals surface area contributed by atoms with Crippen LogP contribution in [0.1, 0.15) is 36.8 Å². The van der Waals surface area contributed by atoms with Crippen molar-refractivity contribution in [3.8, 4) is 0 Å². The molecule has 0 unspecified atom stereocenters. The first-order valence-corrected chi connectivity index (χ1v) is 6.13. The van der Waals surface area contributed by atoms with Gasteiger partial charge in [0.1, 0.15) is 0 Å². The molecule has 1 aliphatic heterocycles. The Morgan fingerprint density at radius 2 is 1.94 bits per heavy atom. The summed E-state index contributed by atoms with van der Waals surface area (Å²) in [5, 5.41) is 12.3. The van der Waals surface area contributed by atoms with Gasteiger partial charge in [0, 0.05) is 19.0 Å². The van der Waals surface area contributed by atoms with Crippen LogP contribution in [-0.4, -0.2) is 24.2 Å². The van der Waals surface area contributed by atoms with E-state index in [0.717, 1.165) is 12.1 Å². The number of carbonyl (C=O) groups is 1. The van der Waals surface area contributed by atoms with Crippen LogP contribution in [0.25, 0.3) is 0 Å². The molecule has 1 aromatic rings. The molecule has 1 aromatic carbocycles. The molecule has 0 bridgehead atoms. The molecule has 3 heteroatoms. The maximum Gasteiger partial charge on any atom is 0.308 e. The summed E-state index contributed by atoms with van der Waals surface area (Å²) in [6.07, 6.45) is 0. The minimum atomic E-state index is -0.701. The number of hydrogen-bond donors (Lipinski definition) is 2. The fourth-order valence-electron chi connectivity index (χ4n) is 2.42. The Bertz CT molecular complexity index is 397. The van der Waals surface area contributed by atoms with Crippen molar-refractivity contribution in [3.05, 3.63) is 35.4 Å². The van der Waals surface area contributed by atoms with E-state index in [0.29, 0.717) is 12.5 Å². The van der Waals surface area contributed by atoms with Gasteiger partial charge in [0.2, 0.25) is 0 Å². The number of aliphatic carboxylic acids is 1. The quantitative estimate of drug-likeness (QED) is 0.841. The summed E-state index contributed by atoms with van der Waals surface area (Å²) in [5.74, 6) is -0.373. The molecule has 0 saturated carbocycles. The van der Waals surface area contributed by atoms with Crippen molar-refractivity contribution in [1.29, 1.82) is 0 Å². The smallest absolute Gasteiger partial charge is 0.308 e. The highest BCUT2D eigenvalue weighted by atomic mass is 16.4. The first-order chi connectivity index (χ1) is 8.09. The topological polar surface area (TPSA) is 49.3 Å². The Morgan fingerprint density at radius 1 is 1.29 bits per heavy atom. The summed E-state index contributed by atoms with van der Waals surface area (Å²) in [6, 6.07) is 8.36. The summed E-state index contributed by atoms with van der Waals surface area (Å²) >= 11 is 0. The van der Waals surface area contributed by atoms with Crippen molar-refractivity contribution in [2.45, 2.75) is 25.7 Å². The number of carboxylic acids is 1. The summed E-state index contributed by atoms with van der Waals surface area (Å²) < 4.78 is 0. The first kappa shape index (κ1) is 12.1. The highest BCUT2D eigenvalue weighted by Crippen LogP contribution is 2.29. The summed E-state index contributed by atoms with van der Waals surface area (Å²) in [7, 11) is 0. The van der Waals surface area contributed by atoms with Gasteiger partial charge in [0.05, 0.1) is 5.92 Å². The van der Waals surface area contributed by atoms with Crippen LogP contribution in [0.5, 0.6) is 0 Å². The number of carboxylic acid groups (broad SMARTS) is 1. The second-order valence-electron chi connectivity index (χ2n) is 5.03. The average molecular weight is 233 g/mol. The van der Waals surface area contributed by atoms with Gasteiger partial charge in [-0.3, -0.25) is 4.79 Å². The molecule has 2 rings (SSSR count). The lowest BCUT2D eigenvalue weighted by Crippen LogP contribution is -2.20. The van der Waals surface area contributed by atoms with Gasteiger partial charge in [-0.1, -0.05) is 38.1 Å². The fourth-order valence-corrected chi connectivity index (χ4v) is 2.42. The molecule has 0 aromatic heterocycles. The number of hydrogen-bond acceptors (Lipinski definition) is 2. The van der Waals surface area contributed by atoms with Crippen molar-refractivity contribution in [1.82, 2.24) is 5.32 Å². The number of nitrogens with one attached hydrogen (secondary N) is 1. The molecule has 92 valence electrons. The second kappa shape index (κ2) is 4.88. The Balaban J connectivity index is 2.19. The maximum absolute atomic E-state index is 11.1. The van der Waals surface area contributed by atoms with Crippen molar-refractivity contribution in [3.63, 3.8) is 0 Å². The predicted octanol–water partition coefficient (Wildman–Crippen LogP) is 2.20. The highest BCUT2D eigenvalue weighted by Gasteiger charge is 2.33. The monoisotopic (exact) mass is 233 g/mol. The molecule has 3 nitrogen and oxygen atoms in total. The van der Waals surface area contributed by atoms with Gasteiger partial charge in [-0.25, -0.2) is 0 Å². The number of rotatable bonds is 3. The van der Waals surface area contributed by atoms with Crippen LogP contribution in [0, 0.1) is 5.92 Å². The molecule has 0 radical (unpaired) electrons. The Morgan fingerprint density at radius 3 is 2.47 bits per heavy atom. The third kappa shape index (κ3) is 2.50. The lowest BCUT2D eigenvalue weighted by Gasteiger charge is -2.16. The van der Waals surface area contributed by atoms with Gasteiger partial charge in [-0.2, -0.15) is 0 Å². The van der Waals surface area contributed by atoms with Crippen molar-refractivity contribution in [2.24, 2.45) is 5.92 Å². The van der Waals surface area contributed by atoms with Crippen molar-refractivity contribution < 1.29 is 9.90 Å². The zero-order valence-electron chi connectivity index (χ0n) is 10.3. The van der Waals surface area contributed by atoms with E-state index in [2.05, 4.69) is 43.4 Å². The third-order valence-electron chi connectivity index (χ3n) is 3.56. The third-order valence-corrected chi connectivity index (χ3v) is 3.56. The van der Waals surface area contributed by atoms with Crippen LogP contribution in [0.15, 0.2) is 24.3 Å². The lowest BCUT2D eigenvalue weighted by atomic mass is 9.88. The van der Waals surface area contributed by atoms with Crippen LogP contribution in [-0.2, 0) is 4.79 Å². The minimum Gasteiger partial charge on any atom is -0.481 e. The molecule has 1 aliphatic rings. The van der Waals surface area contributed by atoms with E-state index in [1.807, 2.05) is 0 Å². The fraction of sp³-hybridized carbons (Fsp3) is 0.500. The molecule has 17 heavy (non-hydrogen) atoms. The zero-order valence-corrected chi connectivity index (χ0v) is 10.3. The van der Waals surface area contributed by atoms with E-state index in [1.54, 1.807) is 0 Å². The van der Waals surface area contributed by atoms with Gasteiger partial charge < -0.3 is 10.4 Å². The average Bonchev–Trinajstić information content (AvgIpc) is 2.78. The largest absolute Gasteiger partial charge is 0.481 e. The summed E-state index contributed by atoms with van der Waals surface area (Å²) in [5.41, 5.74) is 2.43. The molecule has 1 heterocycles. The van der Waals surface area contributed by atoms with E-state index >= 15 is 0 Å². The first-order valence-electron chi connectivity index (χ1n) is 6.13. The summed E-state index contributed by atoms with van der Waals surface area (Å²) in [6.45, 7) is 5.66. The molecule has 1 saturated heterocycles. The van der Waals surface area contributed by atoms with Crippen LogP contribution in [0.4, 0.5) is 0 Å². The summed E-state index contributed by atoms with van der Waals surface area (Å²) in [4.78, 5) is 11.1. The van der Waals surface area contributed by atoms with Crippen LogP contribution in [0.2, 0.25) is 0 Å². The predicted molar refractivity (Wildman–Crippen MR) is 67.3 cm³/mol. The molecule has 2 atom stereocenters. The van der Waals surface area contributed by atoms with Crippen LogP contribution < -0.4 is 5.32 Å². The molecule has 0 amide bonds. The standard InChI is InChI=1S/C14H19NO2/c1-9(2)10-3-5-11(6-4-10)12-7-15-8-13(12)14(16)17/h3-6,9,12-13,15H,7-8H2,1-2H3,(H,16,17)/t12-,13+/m1/s1. The molecular formula is C14H19NO2. The molecule has 2 N–H and O–H groups in total. The van der Waals surface area contributed by atoms with Gasteiger partial charge >= 0.3 is 5.97 Å². The molecular weight excluding hydrogens is 214 g/mol.